The SMILES string of the molecule is CCCNCc1cccnc1N(C)c1cccc(C)c1. The smallest absolute Gasteiger partial charge is 0.137 e. The molecule has 0 aliphatic carbocycles. The van der Waals surface area contributed by atoms with Gasteiger partial charge in [-0.3, -0.25) is 0 Å². The number of hydrogen-bond acceptors (Lipinski definition) is 3. The quantitative estimate of drug-likeness (QED) is 0.811. The maximum Gasteiger partial charge on any atom is 0.137 e. The number of anilines is 2. The molecule has 0 aliphatic rings. The summed E-state index contributed by atoms with van der Waals surface area (Å²) in [4.78, 5) is 6.70. The molecule has 106 valence electrons. The molecular formula is C17H23N3. The first-order valence-electron chi connectivity index (χ1n) is 7.17. The van der Waals surface area contributed by atoms with Gasteiger partial charge in [0.05, 0.1) is 0 Å². The lowest BCUT2D eigenvalue weighted by Crippen LogP contribution is -2.19. The summed E-state index contributed by atoms with van der Waals surface area (Å²) in [5.41, 5.74) is 3.65. The van der Waals surface area contributed by atoms with E-state index in [0.717, 1.165) is 25.3 Å². The number of nitrogens with one attached hydrogen (secondary N) is 1. The third-order valence-corrected chi connectivity index (χ3v) is 3.32. The fourth-order valence-corrected chi connectivity index (χ4v) is 2.23. The number of pyridine rings is 1. The van der Waals surface area contributed by atoms with Gasteiger partial charge in [0.2, 0.25) is 0 Å². The van der Waals surface area contributed by atoms with Gasteiger partial charge in [0.25, 0.3) is 0 Å². The Morgan fingerprint density at radius 1 is 1.20 bits per heavy atom. The van der Waals surface area contributed by atoms with Gasteiger partial charge in [-0.25, -0.2) is 4.98 Å². The molecule has 0 spiro atoms. The highest BCUT2D eigenvalue weighted by atomic mass is 15.2. The zero-order valence-corrected chi connectivity index (χ0v) is 12.6. The summed E-state index contributed by atoms with van der Waals surface area (Å²) in [5, 5.41) is 3.44. The lowest BCUT2D eigenvalue weighted by atomic mass is 10.2. The van der Waals surface area contributed by atoms with Crippen molar-refractivity contribution in [1.29, 1.82) is 0 Å². The van der Waals surface area contributed by atoms with Crippen LogP contribution in [-0.2, 0) is 6.54 Å². The molecule has 3 nitrogen and oxygen atoms in total. The second-order valence-corrected chi connectivity index (χ2v) is 5.06. The Bertz CT molecular complexity index is 551. The van der Waals surface area contributed by atoms with E-state index in [1.807, 2.05) is 12.3 Å². The van der Waals surface area contributed by atoms with Crippen molar-refractivity contribution in [2.24, 2.45) is 0 Å². The Hall–Kier alpha value is -1.87. The molecule has 1 aromatic carbocycles. The summed E-state index contributed by atoms with van der Waals surface area (Å²) in [5.74, 6) is 1.02. The fourth-order valence-electron chi connectivity index (χ4n) is 2.23. The van der Waals surface area contributed by atoms with Crippen molar-refractivity contribution in [1.82, 2.24) is 10.3 Å². The highest BCUT2D eigenvalue weighted by molar-refractivity contribution is 5.62. The topological polar surface area (TPSA) is 28.2 Å². The van der Waals surface area contributed by atoms with Crippen molar-refractivity contribution >= 4 is 11.5 Å². The van der Waals surface area contributed by atoms with Crippen LogP contribution in [0.2, 0.25) is 0 Å². The van der Waals surface area contributed by atoms with Gasteiger partial charge in [0.1, 0.15) is 5.82 Å². The van der Waals surface area contributed by atoms with Gasteiger partial charge >= 0.3 is 0 Å². The molecule has 2 aromatic rings. The third kappa shape index (κ3) is 3.58. The average molecular weight is 269 g/mol. The first-order valence-corrected chi connectivity index (χ1v) is 7.17. The summed E-state index contributed by atoms with van der Waals surface area (Å²) in [7, 11) is 2.07. The second-order valence-electron chi connectivity index (χ2n) is 5.06. The van der Waals surface area contributed by atoms with E-state index < -0.39 is 0 Å². The minimum absolute atomic E-state index is 0.854. The van der Waals surface area contributed by atoms with Gasteiger partial charge in [-0.05, 0) is 43.7 Å². The van der Waals surface area contributed by atoms with Crippen LogP contribution in [0.1, 0.15) is 24.5 Å². The molecule has 20 heavy (non-hydrogen) atoms. The van der Waals surface area contributed by atoms with E-state index in [1.165, 1.54) is 16.8 Å². The Labute approximate surface area is 121 Å². The van der Waals surface area contributed by atoms with Crippen LogP contribution in [0.15, 0.2) is 42.6 Å². The molecule has 1 aromatic heterocycles. The molecule has 0 aliphatic heterocycles. The number of hydrogen-bond donors (Lipinski definition) is 1. The van der Waals surface area contributed by atoms with Crippen LogP contribution in [0.5, 0.6) is 0 Å². The molecule has 0 bridgehead atoms. The molecule has 0 radical (unpaired) electrons. The molecule has 0 saturated carbocycles. The normalized spacial score (nSPS) is 10.6. The largest absolute Gasteiger partial charge is 0.329 e. The monoisotopic (exact) mass is 269 g/mol. The molecular weight excluding hydrogens is 246 g/mol. The highest BCUT2D eigenvalue weighted by Gasteiger charge is 2.10. The van der Waals surface area contributed by atoms with Crippen LogP contribution in [0, 0.1) is 6.92 Å². The van der Waals surface area contributed by atoms with E-state index in [1.54, 1.807) is 0 Å². The summed E-state index contributed by atoms with van der Waals surface area (Å²) < 4.78 is 0. The first kappa shape index (κ1) is 14.5. The first-order chi connectivity index (χ1) is 9.72. The molecule has 3 heteroatoms. The van der Waals surface area contributed by atoms with E-state index in [0.29, 0.717) is 0 Å². The van der Waals surface area contributed by atoms with E-state index >= 15 is 0 Å². The van der Waals surface area contributed by atoms with Crippen molar-refractivity contribution in [3.63, 3.8) is 0 Å². The molecule has 0 fully saturated rings. The van der Waals surface area contributed by atoms with E-state index in [4.69, 9.17) is 0 Å². The number of aryl methyl sites for hydroxylation is 1. The zero-order valence-electron chi connectivity index (χ0n) is 12.6. The Balaban J connectivity index is 2.23. The number of nitrogens with zero attached hydrogens (tertiary/aromatic N) is 2. The van der Waals surface area contributed by atoms with Crippen molar-refractivity contribution < 1.29 is 0 Å². The van der Waals surface area contributed by atoms with Crippen LogP contribution >= 0.6 is 0 Å². The van der Waals surface area contributed by atoms with Gasteiger partial charge in [-0.15, -0.1) is 0 Å². The highest BCUT2D eigenvalue weighted by Crippen LogP contribution is 2.25. The van der Waals surface area contributed by atoms with Gasteiger partial charge < -0.3 is 10.2 Å². The maximum absolute atomic E-state index is 4.55. The summed E-state index contributed by atoms with van der Waals surface area (Å²) in [6.07, 6.45) is 2.99. The molecule has 0 atom stereocenters. The van der Waals surface area contributed by atoms with E-state index in [2.05, 4.69) is 66.4 Å². The zero-order chi connectivity index (χ0) is 14.4. The standard InChI is InChI=1S/C17H23N3/c1-4-10-18-13-15-8-6-11-19-17(15)20(3)16-9-5-7-14(2)12-16/h5-9,11-12,18H,4,10,13H2,1-3H3. The van der Waals surface area contributed by atoms with Gasteiger partial charge in [-0.1, -0.05) is 25.1 Å². The summed E-state index contributed by atoms with van der Waals surface area (Å²) >= 11 is 0. The molecule has 1 N–H and O–H groups in total. The Kier molecular flexibility index (Phi) is 5.13. The number of aromatic nitrogens is 1. The van der Waals surface area contributed by atoms with Crippen molar-refractivity contribution in [3.8, 4) is 0 Å². The fraction of sp³-hybridized carbons (Fsp3) is 0.353. The summed E-state index contributed by atoms with van der Waals surface area (Å²) in [6.45, 7) is 6.17. The van der Waals surface area contributed by atoms with Gasteiger partial charge in [-0.2, -0.15) is 0 Å². The molecule has 0 saturated heterocycles. The molecule has 2 rings (SSSR count). The van der Waals surface area contributed by atoms with Crippen molar-refractivity contribution in [2.75, 3.05) is 18.5 Å². The third-order valence-electron chi connectivity index (χ3n) is 3.32. The molecule has 1 heterocycles. The van der Waals surface area contributed by atoms with Gasteiger partial charge in [0, 0.05) is 31.0 Å². The van der Waals surface area contributed by atoms with E-state index in [-0.39, 0.29) is 0 Å². The predicted molar refractivity (Wildman–Crippen MR) is 85.5 cm³/mol. The van der Waals surface area contributed by atoms with Gasteiger partial charge in [0.15, 0.2) is 0 Å². The minimum Gasteiger partial charge on any atom is -0.329 e. The number of benzene rings is 1. The predicted octanol–water partition coefficient (Wildman–Crippen LogP) is 3.66. The lowest BCUT2D eigenvalue weighted by molar-refractivity contribution is 0.673. The lowest BCUT2D eigenvalue weighted by Gasteiger charge is -2.21. The summed E-state index contributed by atoms with van der Waals surface area (Å²) in [6, 6.07) is 12.6. The van der Waals surface area contributed by atoms with Crippen molar-refractivity contribution in [3.05, 3.63) is 53.7 Å². The molecule has 0 unspecified atom stereocenters. The number of rotatable bonds is 6. The Morgan fingerprint density at radius 2 is 2.05 bits per heavy atom. The van der Waals surface area contributed by atoms with Crippen LogP contribution in [0.25, 0.3) is 0 Å². The average Bonchev–Trinajstić information content (AvgIpc) is 2.47. The van der Waals surface area contributed by atoms with Crippen LogP contribution < -0.4 is 10.2 Å². The van der Waals surface area contributed by atoms with Crippen LogP contribution in [-0.4, -0.2) is 18.6 Å². The van der Waals surface area contributed by atoms with Crippen LogP contribution in [0.3, 0.4) is 0 Å². The second kappa shape index (κ2) is 7.06. The van der Waals surface area contributed by atoms with Crippen molar-refractivity contribution in [2.45, 2.75) is 26.8 Å². The van der Waals surface area contributed by atoms with Crippen LogP contribution in [0.4, 0.5) is 11.5 Å². The Morgan fingerprint density at radius 3 is 2.80 bits per heavy atom. The van der Waals surface area contributed by atoms with E-state index in [9.17, 15) is 0 Å². The maximum atomic E-state index is 4.55. The minimum atomic E-state index is 0.854. The molecule has 0 amide bonds.